The number of allylic oxidation sites excluding steroid dienone is 12. The Kier molecular flexibility index (Phi) is 13.0. The van der Waals surface area contributed by atoms with Gasteiger partial charge < -0.3 is 19.7 Å². The molecule has 0 fully saturated rings. The zero-order chi connectivity index (χ0) is 42.9. The summed E-state index contributed by atoms with van der Waals surface area (Å²) >= 11 is 0. The van der Waals surface area contributed by atoms with Crippen LogP contribution in [-0.4, -0.2) is 14.8 Å². The maximum absolute atomic E-state index is 11.4. The predicted molar refractivity (Wildman–Crippen MR) is 261 cm³/mol. The molecule has 1 aromatic heterocycles. The molecule has 0 spiro atoms. The number of aromatic hydroxyl groups is 2. The van der Waals surface area contributed by atoms with Gasteiger partial charge >= 0.3 is 0 Å². The second-order valence-corrected chi connectivity index (χ2v) is 15.0. The van der Waals surface area contributed by atoms with E-state index < -0.39 is 0 Å². The van der Waals surface area contributed by atoms with Crippen LogP contribution in [0.25, 0.3) is 49.8 Å². The van der Waals surface area contributed by atoms with E-state index in [1.807, 2.05) is 104 Å². The largest absolute Gasteiger partial charge is 0.507 e. The first kappa shape index (κ1) is 41.6. The summed E-state index contributed by atoms with van der Waals surface area (Å²) in [6.07, 6.45) is 18.6. The minimum absolute atomic E-state index is 0.0167. The molecule has 4 heteroatoms. The molecule has 0 aliphatic rings. The van der Waals surface area contributed by atoms with Gasteiger partial charge in [0, 0.05) is 39.9 Å². The van der Waals surface area contributed by atoms with Crippen molar-refractivity contribution >= 4 is 38.6 Å². The Balaban J connectivity index is 1.16. The number of para-hydroxylation sites is 3. The molecule has 0 amide bonds. The molecule has 0 bridgehead atoms. The fraction of sp³-hybridized carbons (Fsp3) is 0.0877. The molecule has 7 rings (SSSR count). The van der Waals surface area contributed by atoms with Crippen LogP contribution in [0.1, 0.15) is 38.8 Å². The van der Waals surface area contributed by atoms with Gasteiger partial charge in [0.15, 0.2) is 0 Å². The van der Waals surface area contributed by atoms with Crippen LogP contribution in [0, 0.1) is 5.92 Å². The Morgan fingerprint density at radius 3 is 1.79 bits per heavy atom. The van der Waals surface area contributed by atoms with E-state index in [2.05, 4.69) is 135 Å². The van der Waals surface area contributed by atoms with Crippen LogP contribution in [0.3, 0.4) is 0 Å². The molecular formula is C57H52N2O2. The van der Waals surface area contributed by atoms with E-state index in [-0.39, 0.29) is 17.4 Å². The Morgan fingerprint density at radius 1 is 0.623 bits per heavy atom. The summed E-state index contributed by atoms with van der Waals surface area (Å²) in [4.78, 5) is 2.03. The van der Waals surface area contributed by atoms with Gasteiger partial charge in [0.25, 0.3) is 0 Å². The summed E-state index contributed by atoms with van der Waals surface area (Å²) in [7, 11) is 0. The molecule has 1 unspecified atom stereocenters. The second-order valence-electron chi connectivity index (χ2n) is 15.0. The van der Waals surface area contributed by atoms with Gasteiger partial charge in [-0.1, -0.05) is 183 Å². The van der Waals surface area contributed by atoms with Crippen LogP contribution in [0.2, 0.25) is 0 Å². The van der Waals surface area contributed by atoms with Crippen molar-refractivity contribution in [1.29, 1.82) is 0 Å². The molecule has 302 valence electrons. The van der Waals surface area contributed by atoms with Gasteiger partial charge in [-0.2, -0.15) is 0 Å². The minimum Gasteiger partial charge on any atom is -0.507 e. The maximum Gasteiger partial charge on any atom is 0.129 e. The number of fused-ring (bicyclic) bond motifs is 3. The Morgan fingerprint density at radius 2 is 1.16 bits per heavy atom. The third-order valence-corrected chi connectivity index (χ3v) is 11.1. The standard InChI is InChI=1S/C57H52N2O2/c1-7-46(58(47(8-2)37-35-42(5)44-24-11-9-12-25-44)48-38-55(60)57(56(61)39-48)45-26-13-10-14-27-45)36-34-41(4)40(3)22-21-23-43(6)49-28-15-18-31-52(49)59-53-32-19-16-29-50(53)51-30-17-20-33-54(51)59/h7-39,41,60-61H,5-6H2,1-4H3/b23-21-,36-34-,37-35-,40-22+,46-7+,47-8+. The van der Waals surface area contributed by atoms with Crippen molar-refractivity contribution in [3.05, 3.63) is 242 Å². The molecule has 1 heterocycles. The highest BCUT2D eigenvalue weighted by Crippen LogP contribution is 2.43. The van der Waals surface area contributed by atoms with Crippen molar-refractivity contribution in [3.63, 3.8) is 0 Å². The first-order valence-electron chi connectivity index (χ1n) is 20.7. The zero-order valence-corrected chi connectivity index (χ0v) is 35.3. The smallest absolute Gasteiger partial charge is 0.129 e. The number of anilines is 1. The number of phenols is 2. The Bertz CT molecular complexity index is 2820. The number of phenolic OH excluding ortho intramolecular Hbond substituents is 2. The van der Waals surface area contributed by atoms with Crippen molar-refractivity contribution in [2.45, 2.75) is 27.7 Å². The van der Waals surface area contributed by atoms with E-state index in [0.29, 0.717) is 11.3 Å². The summed E-state index contributed by atoms with van der Waals surface area (Å²) in [6.45, 7) is 17.1. The van der Waals surface area contributed by atoms with Crippen molar-refractivity contribution in [3.8, 4) is 28.3 Å². The van der Waals surface area contributed by atoms with Crippen molar-refractivity contribution < 1.29 is 10.2 Å². The molecule has 0 aliphatic carbocycles. The summed E-state index contributed by atoms with van der Waals surface area (Å²) in [5, 5.41) is 25.2. The van der Waals surface area contributed by atoms with Gasteiger partial charge in [-0.05, 0) is 79.3 Å². The lowest BCUT2D eigenvalue weighted by molar-refractivity contribution is 0.454. The van der Waals surface area contributed by atoms with Crippen LogP contribution in [0.4, 0.5) is 5.69 Å². The lowest BCUT2D eigenvalue weighted by Crippen LogP contribution is -2.20. The lowest BCUT2D eigenvalue weighted by Gasteiger charge is -2.28. The van der Waals surface area contributed by atoms with E-state index in [0.717, 1.165) is 56.0 Å². The fourth-order valence-electron chi connectivity index (χ4n) is 7.68. The number of rotatable bonds is 14. The molecular weight excluding hydrogens is 745 g/mol. The molecule has 1 atom stereocenters. The minimum atomic E-state index is -0.0167. The van der Waals surface area contributed by atoms with E-state index in [9.17, 15) is 10.2 Å². The first-order chi connectivity index (χ1) is 29.7. The summed E-state index contributed by atoms with van der Waals surface area (Å²) in [5.41, 5.74) is 11.9. The average Bonchev–Trinajstić information content (AvgIpc) is 3.63. The maximum atomic E-state index is 11.4. The van der Waals surface area contributed by atoms with Crippen LogP contribution in [-0.2, 0) is 0 Å². The highest BCUT2D eigenvalue weighted by molar-refractivity contribution is 6.09. The zero-order valence-electron chi connectivity index (χ0n) is 35.3. The van der Waals surface area contributed by atoms with Gasteiger partial charge in [-0.25, -0.2) is 0 Å². The molecule has 0 saturated heterocycles. The van der Waals surface area contributed by atoms with Gasteiger partial charge in [-0.3, -0.25) is 0 Å². The van der Waals surface area contributed by atoms with Gasteiger partial charge in [0.1, 0.15) is 11.5 Å². The van der Waals surface area contributed by atoms with Crippen molar-refractivity contribution in [2.75, 3.05) is 4.90 Å². The number of benzene rings is 6. The number of nitrogens with zero attached hydrogens (tertiary/aromatic N) is 2. The summed E-state index contributed by atoms with van der Waals surface area (Å²) in [6, 6.07) is 48.4. The van der Waals surface area contributed by atoms with Gasteiger partial charge in [0.2, 0.25) is 0 Å². The van der Waals surface area contributed by atoms with Crippen LogP contribution in [0.15, 0.2) is 230 Å². The summed E-state index contributed by atoms with van der Waals surface area (Å²) in [5.74, 6) is 0.0539. The number of hydrogen-bond acceptors (Lipinski definition) is 3. The van der Waals surface area contributed by atoms with Crippen LogP contribution < -0.4 is 4.90 Å². The molecule has 0 aliphatic heterocycles. The molecule has 61 heavy (non-hydrogen) atoms. The Labute approximate surface area is 360 Å². The lowest BCUT2D eigenvalue weighted by atomic mass is 9.99. The van der Waals surface area contributed by atoms with E-state index >= 15 is 0 Å². The fourth-order valence-corrected chi connectivity index (χ4v) is 7.68. The Hall–Kier alpha value is -7.56. The predicted octanol–water partition coefficient (Wildman–Crippen LogP) is 15.2. The molecule has 4 nitrogen and oxygen atoms in total. The van der Waals surface area contributed by atoms with Gasteiger partial charge in [-0.15, -0.1) is 0 Å². The highest BCUT2D eigenvalue weighted by Gasteiger charge is 2.20. The number of aromatic nitrogens is 1. The first-order valence-corrected chi connectivity index (χ1v) is 20.7. The molecule has 7 aromatic rings. The highest BCUT2D eigenvalue weighted by atomic mass is 16.3. The van der Waals surface area contributed by atoms with E-state index in [1.165, 1.54) is 16.3 Å². The monoisotopic (exact) mass is 796 g/mol. The molecule has 0 saturated carbocycles. The third kappa shape index (κ3) is 9.05. The van der Waals surface area contributed by atoms with E-state index in [4.69, 9.17) is 0 Å². The normalized spacial score (nSPS) is 13.2. The number of hydrogen-bond donors (Lipinski definition) is 2. The second kappa shape index (κ2) is 19.0. The quantitative estimate of drug-likeness (QED) is 0.108. The van der Waals surface area contributed by atoms with Crippen molar-refractivity contribution in [1.82, 2.24) is 4.57 Å². The van der Waals surface area contributed by atoms with Gasteiger partial charge in [0.05, 0.1) is 28.0 Å². The topological polar surface area (TPSA) is 48.6 Å². The van der Waals surface area contributed by atoms with Crippen molar-refractivity contribution in [2.24, 2.45) is 5.92 Å². The molecule has 6 aromatic carbocycles. The average molecular weight is 797 g/mol. The van der Waals surface area contributed by atoms with Crippen LogP contribution in [0.5, 0.6) is 11.5 Å². The summed E-state index contributed by atoms with van der Waals surface area (Å²) < 4.78 is 2.34. The molecule has 0 radical (unpaired) electrons. The third-order valence-electron chi connectivity index (χ3n) is 11.1. The van der Waals surface area contributed by atoms with E-state index in [1.54, 1.807) is 12.1 Å². The van der Waals surface area contributed by atoms with Crippen LogP contribution >= 0.6 is 0 Å². The SMILES string of the molecule is C=C(/C=C\C(=C/C)N(C(/C=C\C(C)/C(C)=C/C=C\C(=C)c1ccccc1-n1c2ccccc2c2ccccc21)=C/C)c1cc(O)c(-c2ccccc2)c(O)c1)c1ccccc1. The molecule has 2 N–H and O–H groups in total.